The van der Waals surface area contributed by atoms with E-state index in [1.165, 1.54) is 6.07 Å². The Morgan fingerprint density at radius 1 is 1.35 bits per heavy atom. The van der Waals surface area contributed by atoms with Crippen LogP contribution in [0.4, 0.5) is 8.78 Å². The van der Waals surface area contributed by atoms with Gasteiger partial charge in [0, 0.05) is 6.54 Å². The van der Waals surface area contributed by atoms with Crippen LogP contribution in [0, 0.1) is 17.0 Å². The number of halogens is 2. The highest BCUT2D eigenvalue weighted by molar-refractivity contribution is 5.80. The molecule has 6 heteroatoms. The fraction of sp³-hybridized carbons (Fsp3) is 0.500. The van der Waals surface area contributed by atoms with Crippen molar-refractivity contribution in [2.75, 3.05) is 6.54 Å². The largest absolute Gasteiger partial charge is 0.387 e. The van der Waals surface area contributed by atoms with Gasteiger partial charge in [0.2, 0.25) is 5.91 Å². The monoisotopic (exact) mass is 286 g/mol. The summed E-state index contributed by atoms with van der Waals surface area (Å²) in [5.41, 5.74) is 4.38. The Bertz CT molecular complexity index is 466. The zero-order valence-corrected chi connectivity index (χ0v) is 11.8. The fourth-order valence-corrected chi connectivity index (χ4v) is 1.99. The van der Waals surface area contributed by atoms with Crippen LogP contribution in [0.3, 0.4) is 0 Å². The van der Waals surface area contributed by atoms with Gasteiger partial charge < -0.3 is 16.2 Å². The number of benzene rings is 1. The molecule has 0 spiro atoms. The average Bonchev–Trinajstić information content (AvgIpc) is 2.26. The van der Waals surface area contributed by atoms with Crippen molar-refractivity contribution < 1.29 is 18.7 Å². The maximum Gasteiger partial charge on any atom is 0.235 e. The lowest BCUT2D eigenvalue weighted by Gasteiger charge is -2.29. The third kappa shape index (κ3) is 3.98. The van der Waals surface area contributed by atoms with E-state index in [1.54, 1.807) is 20.8 Å². The fourth-order valence-electron chi connectivity index (χ4n) is 1.99. The molecule has 1 unspecified atom stereocenters. The Kier molecular flexibility index (Phi) is 5.19. The van der Waals surface area contributed by atoms with E-state index in [9.17, 15) is 18.7 Å². The predicted octanol–water partition coefficient (Wildman–Crippen LogP) is 1.49. The van der Waals surface area contributed by atoms with Gasteiger partial charge in [0.05, 0.1) is 17.7 Å². The van der Waals surface area contributed by atoms with Crippen LogP contribution >= 0.6 is 0 Å². The van der Waals surface area contributed by atoms with Crippen LogP contribution < -0.4 is 11.1 Å². The molecule has 1 rings (SSSR count). The molecular formula is C14H20F2N2O2. The molecular weight excluding hydrogens is 266 g/mol. The second kappa shape index (κ2) is 6.28. The standard InChI is InChI=1S/C14H20F2N2O2/c1-14(2,3)12(13(17)20)18-7-10(19)11-8(15)5-4-6-9(11)16/h4-6,10,12,18-19H,7H2,1-3H3,(H2,17,20)/t10?,12-/m1/s1. The first-order valence-electron chi connectivity index (χ1n) is 6.29. The van der Waals surface area contributed by atoms with Crippen molar-refractivity contribution in [3.05, 3.63) is 35.4 Å². The number of rotatable bonds is 5. The van der Waals surface area contributed by atoms with E-state index >= 15 is 0 Å². The third-order valence-corrected chi connectivity index (χ3v) is 3.00. The van der Waals surface area contributed by atoms with Crippen LogP contribution in [0.1, 0.15) is 32.4 Å². The van der Waals surface area contributed by atoms with Gasteiger partial charge in [-0.1, -0.05) is 26.8 Å². The molecule has 4 N–H and O–H groups in total. The molecule has 0 aliphatic rings. The molecule has 1 amide bonds. The van der Waals surface area contributed by atoms with Crippen LogP contribution in [0.2, 0.25) is 0 Å². The van der Waals surface area contributed by atoms with Gasteiger partial charge in [-0.05, 0) is 17.5 Å². The smallest absolute Gasteiger partial charge is 0.235 e. The minimum atomic E-state index is -1.40. The highest BCUT2D eigenvalue weighted by Crippen LogP contribution is 2.22. The molecule has 20 heavy (non-hydrogen) atoms. The molecule has 0 heterocycles. The quantitative estimate of drug-likeness (QED) is 0.767. The predicted molar refractivity (Wildman–Crippen MR) is 71.8 cm³/mol. The molecule has 0 saturated heterocycles. The molecule has 0 bridgehead atoms. The maximum atomic E-state index is 13.5. The number of nitrogens with two attached hydrogens (primary N) is 1. The Morgan fingerprint density at radius 3 is 2.25 bits per heavy atom. The van der Waals surface area contributed by atoms with Gasteiger partial charge in [-0.25, -0.2) is 8.78 Å². The van der Waals surface area contributed by atoms with Crippen molar-refractivity contribution in [2.45, 2.75) is 32.9 Å². The summed E-state index contributed by atoms with van der Waals surface area (Å²) in [5, 5.41) is 12.6. The van der Waals surface area contributed by atoms with Crippen LogP contribution in [-0.4, -0.2) is 23.6 Å². The molecule has 1 aromatic carbocycles. The van der Waals surface area contributed by atoms with Crippen molar-refractivity contribution >= 4 is 5.91 Å². The van der Waals surface area contributed by atoms with Gasteiger partial charge in [-0.15, -0.1) is 0 Å². The van der Waals surface area contributed by atoms with Crippen molar-refractivity contribution in [3.8, 4) is 0 Å². The number of aliphatic hydroxyl groups is 1. The van der Waals surface area contributed by atoms with E-state index in [1.807, 2.05) is 0 Å². The van der Waals surface area contributed by atoms with Gasteiger partial charge in [-0.2, -0.15) is 0 Å². The lowest BCUT2D eigenvalue weighted by atomic mass is 9.86. The Balaban J connectivity index is 2.81. The van der Waals surface area contributed by atoms with E-state index in [2.05, 4.69) is 5.32 Å². The third-order valence-electron chi connectivity index (χ3n) is 3.00. The maximum absolute atomic E-state index is 13.5. The van der Waals surface area contributed by atoms with Crippen molar-refractivity contribution in [3.63, 3.8) is 0 Å². The second-order valence-electron chi connectivity index (χ2n) is 5.76. The number of amides is 1. The van der Waals surface area contributed by atoms with Crippen molar-refractivity contribution in [2.24, 2.45) is 11.1 Å². The number of primary amides is 1. The van der Waals surface area contributed by atoms with E-state index in [4.69, 9.17) is 5.73 Å². The van der Waals surface area contributed by atoms with Crippen LogP contribution in [0.25, 0.3) is 0 Å². The lowest BCUT2D eigenvalue weighted by molar-refractivity contribution is -0.122. The summed E-state index contributed by atoms with van der Waals surface area (Å²) >= 11 is 0. The first-order chi connectivity index (χ1) is 9.14. The van der Waals surface area contributed by atoms with Gasteiger partial charge in [-0.3, -0.25) is 4.79 Å². The van der Waals surface area contributed by atoms with Crippen molar-refractivity contribution in [1.82, 2.24) is 5.32 Å². The molecule has 0 aromatic heterocycles. The topological polar surface area (TPSA) is 75.3 Å². The molecule has 0 aliphatic carbocycles. The number of hydrogen-bond acceptors (Lipinski definition) is 3. The molecule has 112 valence electrons. The van der Waals surface area contributed by atoms with Gasteiger partial charge in [0.25, 0.3) is 0 Å². The average molecular weight is 286 g/mol. The molecule has 4 nitrogen and oxygen atoms in total. The Hall–Kier alpha value is -1.53. The summed E-state index contributed by atoms with van der Waals surface area (Å²) in [7, 11) is 0. The number of hydrogen-bond donors (Lipinski definition) is 3. The molecule has 0 aliphatic heterocycles. The summed E-state index contributed by atoms with van der Waals surface area (Å²) in [6, 6.07) is 2.64. The van der Waals surface area contributed by atoms with Crippen LogP contribution in [-0.2, 0) is 4.79 Å². The highest BCUT2D eigenvalue weighted by Gasteiger charge is 2.30. The summed E-state index contributed by atoms with van der Waals surface area (Å²) < 4.78 is 27.0. The number of aliphatic hydroxyl groups excluding tert-OH is 1. The van der Waals surface area contributed by atoms with Gasteiger partial charge in [0.1, 0.15) is 11.6 Å². The molecule has 0 radical (unpaired) electrons. The zero-order valence-electron chi connectivity index (χ0n) is 11.8. The highest BCUT2D eigenvalue weighted by atomic mass is 19.1. The molecule has 0 saturated carbocycles. The van der Waals surface area contributed by atoms with E-state index in [-0.39, 0.29) is 6.54 Å². The lowest BCUT2D eigenvalue weighted by Crippen LogP contribution is -2.50. The zero-order chi connectivity index (χ0) is 15.5. The number of carbonyl (C=O) groups is 1. The Labute approximate surface area is 117 Å². The summed E-state index contributed by atoms with van der Waals surface area (Å²) in [4.78, 5) is 11.4. The SMILES string of the molecule is CC(C)(C)[C@H](NCC(O)c1c(F)cccc1F)C(N)=O. The van der Waals surface area contributed by atoms with E-state index in [0.29, 0.717) is 0 Å². The van der Waals surface area contributed by atoms with Gasteiger partial charge >= 0.3 is 0 Å². The minimum absolute atomic E-state index is 0.178. The number of carbonyl (C=O) groups excluding carboxylic acids is 1. The molecule has 1 aromatic rings. The summed E-state index contributed by atoms with van der Waals surface area (Å²) in [6.45, 7) is 5.21. The second-order valence-corrected chi connectivity index (χ2v) is 5.76. The minimum Gasteiger partial charge on any atom is -0.387 e. The first kappa shape index (κ1) is 16.5. The molecule has 0 fully saturated rings. The van der Waals surface area contributed by atoms with Crippen LogP contribution in [0.5, 0.6) is 0 Å². The summed E-state index contributed by atoms with van der Waals surface area (Å²) in [6.07, 6.45) is -1.40. The molecule has 2 atom stereocenters. The Morgan fingerprint density at radius 2 is 1.85 bits per heavy atom. The van der Waals surface area contributed by atoms with E-state index in [0.717, 1.165) is 12.1 Å². The normalized spacial score (nSPS) is 14.9. The van der Waals surface area contributed by atoms with Crippen molar-refractivity contribution in [1.29, 1.82) is 0 Å². The van der Waals surface area contributed by atoms with Crippen LogP contribution in [0.15, 0.2) is 18.2 Å². The van der Waals surface area contributed by atoms with E-state index < -0.39 is 40.7 Å². The number of nitrogens with one attached hydrogen (secondary N) is 1. The first-order valence-corrected chi connectivity index (χ1v) is 6.29. The van der Waals surface area contributed by atoms with Gasteiger partial charge in [0.15, 0.2) is 0 Å². The summed E-state index contributed by atoms with van der Waals surface area (Å²) in [5.74, 6) is -2.24.